The molecule has 1 aliphatic rings. The van der Waals surface area contributed by atoms with E-state index in [1.165, 1.54) is 0 Å². The summed E-state index contributed by atoms with van der Waals surface area (Å²) in [4.78, 5) is 14.1. The van der Waals surface area contributed by atoms with E-state index in [4.69, 9.17) is 16.3 Å². The van der Waals surface area contributed by atoms with Crippen LogP contribution in [0.15, 0.2) is 18.2 Å². The maximum atomic E-state index is 12.2. The van der Waals surface area contributed by atoms with Gasteiger partial charge in [-0.05, 0) is 31.5 Å². The van der Waals surface area contributed by atoms with E-state index in [0.717, 1.165) is 11.3 Å². The minimum absolute atomic E-state index is 0.0833. The molecule has 1 aromatic rings. The molecule has 1 unspecified atom stereocenters. The highest BCUT2D eigenvalue weighted by Gasteiger charge is 2.22. The second-order valence-corrected chi connectivity index (χ2v) is 5.19. The zero-order valence-electron chi connectivity index (χ0n) is 11.3. The second-order valence-electron chi connectivity index (χ2n) is 4.79. The van der Waals surface area contributed by atoms with Gasteiger partial charge < -0.3 is 15.0 Å². The summed E-state index contributed by atoms with van der Waals surface area (Å²) in [5.41, 5.74) is 1.89. The number of carbonyl (C=O) groups is 1. The van der Waals surface area contributed by atoms with Crippen LogP contribution in [0.25, 0.3) is 0 Å². The lowest BCUT2D eigenvalue weighted by Gasteiger charge is -2.29. The summed E-state index contributed by atoms with van der Waals surface area (Å²) in [6, 6.07) is 5.47. The Morgan fingerprint density at radius 1 is 1.42 bits per heavy atom. The average molecular weight is 283 g/mol. The van der Waals surface area contributed by atoms with E-state index in [9.17, 15) is 4.79 Å². The van der Waals surface area contributed by atoms with Gasteiger partial charge in [0.15, 0.2) is 0 Å². The zero-order valence-corrected chi connectivity index (χ0v) is 12.0. The van der Waals surface area contributed by atoms with Crippen LogP contribution in [-0.4, -0.2) is 43.2 Å². The highest BCUT2D eigenvalue weighted by atomic mass is 35.5. The summed E-state index contributed by atoms with van der Waals surface area (Å²) in [5, 5.41) is 3.81. The van der Waals surface area contributed by atoms with E-state index in [1.807, 2.05) is 36.9 Å². The molecule has 1 aromatic carbocycles. The van der Waals surface area contributed by atoms with Gasteiger partial charge in [-0.25, -0.2) is 0 Å². The number of ether oxygens (including phenoxy) is 1. The van der Waals surface area contributed by atoms with Gasteiger partial charge in [0.2, 0.25) is 5.91 Å². The molecule has 1 atom stereocenters. The topological polar surface area (TPSA) is 41.6 Å². The van der Waals surface area contributed by atoms with E-state index in [2.05, 4.69) is 5.32 Å². The minimum atomic E-state index is -0.293. The summed E-state index contributed by atoms with van der Waals surface area (Å²) in [6.45, 7) is 6.39. The molecule has 5 heteroatoms. The van der Waals surface area contributed by atoms with Crippen molar-refractivity contribution in [2.24, 2.45) is 0 Å². The third kappa shape index (κ3) is 3.61. The molecule has 0 radical (unpaired) electrons. The highest BCUT2D eigenvalue weighted by Crippen LogP contribution is 2.23. The Kier molecular flexibility index (Phi) is 4.66. The predicted octanol–water partition coefficient (Wildman–Crippen LogP) is 2.31. The molecule has 1 heterocycles. The standard InChI is InChI=1S/C14H19ClN2O2/c1-10-3-4-13(12(15)9-10)16-11(2)14(18)17-5-7-19-8-6-17/h3-4,9,11,16H,5-8H2,1-2H3. The van der Waals surface area contributed by atoms with Gasteiger partial charge in [0.05, 0.1) is 23.9 Å². The summed E-state index contributed by atoms with van der Waals surface area (Å²) < 4.78 is 5.24. The molecule has 4 nitrogen and oxygen atoms in total. The number of halogens is 1. The number of benzene rings is 1. The minimum Gasteiger partial charge on any atom is -0.378 e. The fraction of sp³-hybridized carbons (Fsp3) is 0.500. The monoisotopic (exact) mass is 282 g/mol. The SMILES string of the molecule is Cc1ccc(NC(C)C(=O)N2CCOCC2)c(Cl)c1. The van der Waals surface area contributed by atoms with Crippen molar-refractivity contribution in [3.63, 3.8) is 0 Å². The van der Waals surface area contributed by atoms with Crippen molar-refractivity contribution in [1.29, 1.82) is 0 Å². The van der Waals surface area contributed by atoms with Crippen LogP contribution in [0.2, 0.25) is 5.02 Å². The molecule has 2 rings (SSSR count). The number of nitrogens with one attached hydrogen (secondary N) is 1. The molecule has 0 spiro atoms. The normalized spacial score (nSPS) is 17.1. The van der Waals surface area contributed by atoms with Crippen LogP contribution in [0.4, 0.5) is 5.69 Å². The third-order valence-electron chi connectivity index (χ3n) is 3.19. The number of anilines is 1. The van der Waals surface area contributed by atoms with Crippen LogP contribution in [-0.2, 0) is 9.53 Å². The van der Waals surface area contributed by atoms with Crippen molar-refractivity contribution in [2.45, 2.75) is 19.9 Å². The molecule has 1 saturated heterocycles. The molecule has 0 aliphatic carbocycles. The van der Waals surface area contributed by atoms with Gasteiger partial charge in [-0.2, -0.15) is 0 Å². The summed E-state index contributed by atoms with van der Waals surface area (Å²) >= 11 is 6.16. The van der Waals surface area contributed by atoms with Gasteiger partial charge in [-0.3, -0.25) is 4.79 Å². The van der Waals surface area contributed by atoms with E-state index >= 15 is 0 Å². The Hall–Kier alpha value is -1.26. The van der Waals surface area contributed by atoms with Crippen LogP contribution < -0.4 is 5.32 Å². The fourth-order valence-corrected chi connectivity index (χ4v) is 2.38. The number of nitrogens with zero attached hydrogens (tertiary/aromatic N) is 1. The van der Waals surface area contributed by atoms with Gasteiger partial charge in [0.1, 0.15) is 6.04 Å². The molecule has 1 N–H and O–H groups in total. The number of carbonyl (C=O) groups excluding carboxylic acids is 1. The number of aryl methyl sites for hydroxylation is 1. The molecule has 19 heavy (non-hydrogen) atoms. The molecule has 1 amide bonds. The maximum Gasteiger partial charge on any atom is 0.244 e. The molecule has 104 valence electrons. The maximum absolute atomic E-state index is 12.2. The molecule has 0 bridgehead atoms. The van der Waals surface area contributed by atoms with E-state index in [1.54, 1.807) is 0 Å². The lowest BCUT2D eigenvalue weighted by molar-refractivity contribution is -0.135. The number of hydrogen-bond donors (Lipinski definition) is 1. The summed E-state index contributed by atoms with van der Waals surface area (Å²) in [6.07, 6.45) is 0. The lowest BCUT2D eigenvalue weighted by atomic mass is 10.2. The summed E-state index contributed by atoms with van der Waals surface area (Å²) in [7, 11) is 0. The molecular formula is C14H19ClN2O2. The van der Waals surface area contributed by atoms with Gasteiger partial charge in [-0.15, -0.1) is 0 Å². The average Bonchev–Trinajstić information content (AvgIpc) is 2.42. The van der Waals surface area contributed by atoms with E-state index in [0.29, 0.717) is 31.3 Å². The van der Waals surface area contributed by atoms with Crippen molar-refractivity contribution in [1.82, 2.24) is 4.90 Å². The second kappa shape index (κ2) is 6.26. The van der Waals surface area contributed by atoms with Gasteiger partial charge in [0, 0.05) is 13.1 Å². The van der Waals surface area contributed by atoms with Crippen molar-refractivity contribution in [3.05, 3.63) is 28.8 Å². The first-order valence-electron chi connectivity index (χ1n) is 6.47. The smallest absolute Gasteiger partial charge is 0.244 e. The van der Waals surface area contributed by atoms with Crippen LogP contribution in [0.3, 0.4) is 0 Å². The quantitative estimate of drug-likeness (QED) is 0.925. The first kappa shape index (κ1) is 14.2. The van der Waals surface area contributed by atoms with E-state index in [-0.39, 0.29) is 11.9 Å². The van der Waals surface area contributed by atoms with Crippen LogP contribution in [0.5, 0.6) is 0 Å². The van der Waals surface area contributed by atoms with Crippen molar-refractivity contribution in [3.8, 4) is 0 Å². The molecule has 0 saturated carbocycles. The van der Waals surface area contributed by atoms with Gasteiger partial charge >= 0.3 is 0 Å². The Morgan fingerprint density at radius 3 is 2.74 bits per heavy atom. The summed E-state index contributed by atoms with van der Waals surface area (Å²) in [5.74, 6) is 0.0833. The van der Waals surface area contributed by atoms with Crippen molar-refractivity contribution >= 4 is 23.2 Å². The number of rotatable bonds is 3. The first-order valence-corrected chi connectivity index (χ1v) is 6.85. The molecular weight excluding hydrogens is 264 g/mol. The van der Waals surface area contributed by atoms with Crippen LogP contribution in [0.1, 0.15) is 12.5 Å². The number of amides is 1. The highest BCUT2D eigenvalue weighted by molar-refractivity contribution is 6.33. The Bertz CT molecular complexity index is 459. The van der Waals surface area contributed by atoms with Crippen molar-refractivity contribution < 1.29 is 9.53 Å². The van der Waals surface area contributed by atoms with Crippen molar-refractivity contribution in [2.75, 3.05) is 31.6 Å². The predicted molar refractivity (Wildman–Crippen MR) is 76.7 cm³/mol. The molecule has 0 aromatic heterocycles. The molecule has 1 fully saturated rings. The Balaban J connectivity index is 1.99. The van der Waals surface area contributed by atoms with Gasteiger partial charge in [-0.1, -0.05) is 17.7 Å². The third-order valence-corrected chi connectivity index (χ3v) is 3.50. The van der Waals surface area contributed by atoms with E-state index < -0.39 is 0 Å². The van der Waals surface area contributed by atoms with Crippen LogP contribution >= 0.6 is 11.6 Å². The zero-order chi connectivity index (χ0) is 13.8. The largest absolute Gasteiger partial charge is 0.378 e. The molecule has 1 aliphatic heterocycles. The number of hydrogen-bond acceptors (Lipinski definition) is 3. The lowest BCUT2D eigenvalue weighted by Crippen LogP contribution is -2.47. The number of morpholine rings is 1. The Labute approximate surface area is 118 Å². The fourth-order valence-electron chi connectivity index (χ4n) is 2.09. The Morgan fingerprint density at radius 2 is 2.11 bits per heavy atom. The first-order chi connectivity index (χ1) is 9.08. The van der Waals surface area contributed by atoms with Gasteiger partial charge in [0.25, 0.3) is 0 Å². The van der Waals surface area contributed by atoms with Crippen LogP contribution in [0, 0.1) is 6.92 Å².